The van der Waals surface area contributed by atoms with Crippen LogP contribution >= 0.6 is 15.9 Å². The van der Waals surface area contributed by atoms with Crippen LogP contribution in [0.1, 0.15) is 30.7 Å². The molecule has 0 aliphatic carbocycles. The van der Waals surface area contributed by atoms with E-state index in [2.05, 4.69) is 30.8 Å². The van der Waals surface area contributed by atoms with Crippen LogP contribution in [0.25, 0.3) is 0 Å². The number of nitrogens with zero attached hydrogens (tertiary/aromatic N) is 3. The van der Waals surface area contributed by atoms with Crippen LogP contribution in [0, 0.1) is 12.3 Å². The summed E-state index contributed by atoms with van der Waals surface area (Å²) < 4.78 is 6.28. The van der Waals surface area contributed by atoms with Gasteiger partial charge in [0.2, 0.25) is 0 Å². The minimum atomic E-state index is -0.0774. The first-order chi connectivity index (χ1) is 9.63. The lowest BCUT2D eigenvalue weighted by molar-refractivity contribution is 0.133. The van der Waals surface area contributed by atoms with Crippen LogP contribution in [-0.2, 0) is 11.3 Å². The van der Waals surface area contributed by atoms with E-state index < -0.39 is 0 Å². The van der Waals surface area contributed by atoms with Gasteiger partial charge in [-0.3, -0.25) is 0 Å². The van der Waals surface area contributed by atoms with E-state index in [1.54, 1.807) is 0 Å². The van der Waals surface area contributed by atoms with Crippen molar-refractivity contribution in [3.05, 3.63) is 16.0 Å². The maximum absolute atomic E-state index is 9.50. The van der Waals surface area contributed by atoms with Gasteiger partial charge in [-0.05, 0) is 47.5 Å². The van der Waals surface area contributed by atoms with Gasteiger partial charge >= 0.3 is 0 Å². The number of rotatable bonds is 2. The summed E-state index contributed by atoms with van der Waals surface area (Å²) in [6, 6.07) is 0. The second-order valence-electron chi connectivity index (χ2n) is 5.82. The molecule has 0 atom stereocenters. The average molecular weight is 342 g/mol. The highest BCUT2D eigenvalue weighted by atomic mass is 79.9. The molecule has 2 saturated heterocycles. The van der Waals surface area contributed by atoms with E-state index in [1.165, 1.54) is 6.42 Å². The van der Waals surface area contributed by atoms with E-state index in [4.69, 9.17) is 4.74 Å². The topological polar surface area (TPSA) is 58.5 Å². The molecule has 5 nitrogen and oxygen atoms in total. The molecule has 0 unspecified atom stereocenters. The second-order valence-corrected chi connectivity index (χ2v) is 6.57. The summed E-state index contributed by atoms with van der Waals surface area (Å²) in [5, 5.41) is 9.50. The van der Waals surface area contributed by atoms with Gasteiger partial charge in [0.15, 0.2) is 5.82 Å². The number of halogens is 1. The van der Waals surface area contributed by atoms with Crippen LogP contribution in [0.2, 0.25) is 0 Å². The fourth-order valence-electron chi connectivity index (χ4n) is 3.11. The third-order valence-corrected chi connectivity index (χ3v) is 5.27. The third kappa shape index (κ3) is 2.56. The smallest absolute Gasteiger partial charge is 0.153 e. The zero-order valence-electron chi connectivity index (χ0n) is 11.7. The van der Waals surface area contributed by atoms with Gasteiger partial charge in [0.05, 0.1) is 18.9 Å². The van der Waals surface area contributed by atoms with Crippen molar-refractivity contribution in [3.8, 4) is 0 Å². The summed E-state index contributed by atoms with van der Waals surface area (Å²) in [6.45, 7) is 5.58. The van der Waals surface area contributed by atoms with Crippen LogP contribution in [0.5, 0.6) is 0 Å². The summed E-state index contributed by atoms with van der Waals surface area (Å²) in [5.41, 5.74) is 1.90. The quantitative estimate of drug-likeness (QED) is 0.891. The van der Waals surface area contributed by atoms with Gasteiger partial charge < -0.3 is 14.7 Å². The molecule has 2 aliphatic heterocycles. The second kappa shape index (κ2) is 5.58. The van der Waals surface area contributed by atoms with E-state index in [9.17, 15) is 5.11 Å². The molecule has 0 bridgehead atoms. The van der Waals surface area contributed by atoms with Crippen LogP contribution in [0.4, 0.5) is 5.82 Å². The highest BCUT2D eigenvalue weighted by Crippen LogP contribution is 2.40. The van der Waals surface area contributed by atoms with E-state index in [0.29, 0.717) is 15.7 Å². The highest BCUT2D eigenvalue weighted by molar-refractivity contribution is 9.10. The van der Waals surface area contributed by atoms with Crippen molar-refractivity contribution in [2.45, 2.75) is 32.8 Å². The Kier molecular flexibility index (Phi) is 3.97. The first-order valence-electron chi connectivity index (χ1n) is 7.10. The molecule has 2 fully saturated rings. The molecule has 0 saturated carbocycles. The Labute approximate surface area is 127 Å². The first-order valence-corrected chi connectivity index (χ1v) is 7.89. The van der Waals surface area contributed by atoms with Gasteiger partial charge in [-0.25, -0.2) is 9.97 Å². The number of aliphatic hydroxyl groups is 1. The monoisotopic (exact) mass is 341 g/mol. The summed E-state index contributed by atoms with van der Waals surface area (Å²) >= 11 is 3.37. The van der Waals surface area contributed by atoms with Gasteiger partial charge in [-0.2, -0.15) is 0 Å². The average Bonchev–Trinajstić information content (AvgIpc) is 2.91. The van der Waals surface area contributed by atoms with Crippen molar-refractivity contribution in [2.75, 3.05) is 31.2 Å². The van der Waals surface area contributed by atoms with E-state index in [0.717, 1.165) is 50.7 Å². The lowest BCUT2D eigenvalue weighted by Gasteiger charge is -2.39. The highest BCUT2D eigenvalue weighted by Gasteiger charge is 2.38. The van der Waals surface area contributed by atoms with Crippen molar-refractivity contribution < 1.29 is 9.84 Å². The Hall–Kier alpha value is -0.720. The Morgan fingerprint density at radius 2 is 2.05 bits per heavy atom. The van der Waals surface area contributed by atoms with Crippen molar-refractivity contribution >= 4 is 21.7 Å². The molecule has 6 heteroatoms. The van der Waals surface area contributed by atoms with Gasteiger partial charge in [-0.1, -0.05) is 0 Å². The molecule has 1 aromatic heterocycles. The van der Waals surface area contributed by atoms with Crippen LogP contribution in [-0.4, -0.2) is 41.4 Å². The van der Waals surface area contributed by atoms with Gasteiger partial charge in [-0.15, -0.1) is 0 Å². The molecule has 20 heavy (non-hydrogen) atoms. The molecule has 3 rings (SSSR count). The standard InChI is InChI=1S/C14H20BrN3O2/c1-10-12(15)17-11(8-19)13(16-10)18-5-2-14(3-6-18)4-7-20-9-14/h19H,2-9H2,1H3. The SMILES string of the molecule is Cc1nc(N2CCC3(CCOC3)CC2)c(CO)nc1Br. The predicted molar refractivity (Wildman–Crippen MR) is 79.7 cm³/mol. The number of aromatic nitrogens is 2. The number of hydrogen-bond donors (Lipinski definition) is 1. The Balaban J connectivity index is 1.79. The molecule has 1 N–H and O–H groups in total. The minimum Gasteiger partial charge on any atom is -0.390 e. The number of hydrogen-bond acceptors (Lipinski definition) is 5. The molecule has 1 aromatic rings. The predicted octanol–water partition coefficient (Wildman–Crippen LogP) is 2.05. The maximum atomic E-state index is 9.50. The summed E-state index contributed by atoms with van der Waals surface area (Å²) in [5.74, 6) is 0.835. The van der Waals surface area contributed by atoms with E-state index >= 15 is 0 Å². The summed E-state index contributed by atoms with van der Waals surface area (Å²) in [6.07, 6.45) is 3.45. The minimum absolute atomic E-state index is 0.0774. The third-order valence-electron chi connectivity index (χ3n) is 4.52. The molecule has 110 valence electrons. The maximum Gasteiger partial charge on any atom is 0.153 e. The molecule has 1 spiro atoms. The normalized spacial score (nSPS) is 21.6. The van der Waals surface area contributed by atoms with Gasteiger partial charge in [0, 0.05) is 19.7 Å². The van der Waals surface area contributed by atoms with Gasteiger partial charge in [0.25, 0.3) is 0 Å². The fourth-order valence-corrected chi connectivity index (χ4v) is 3.42. The number of aliphatic hydroxyl groups excluding tert-OH is 1. The molecule has 2 aliphatic rings. The molecule has 0 radical (unpaired) electrons. The number of aryl methyl sites for hydroxylation is 1. The zero-order chi connectivity index (χ0) is 14.2. The van der Waals surface area contributed by atoms with Crippen molar-refractivity contribution in [3.63, 3.8) is 0 Å². The van der Waals surface area contributed by atoms with E-state index in [-0.39, 0.29) is 6.61 Å². The number of piperidine rings is 1. The molecular weight excluding hydrogens is 322 g/mol. The fraction of sp³-hybridized carbons (Fsp3) is 0.714. The van der Waals surface area contributed by atoms with Crippen LogP contribution in [0.15, 0.2) is 4.60 Å². The van der Waals surface area contributed by atoms with Crippen molar-refractivity contribution in [1.29, 1.82) is 0 Å². The van der Waals surface area contributed by atoms with Crippen LogP contribution in [0.3, 0.4) is 0 Å². The lowest BCUT2D eigenvalue weighted by atomic mass is 9.78. The van der Waals surface area contributed by atoms with Crippen molar-refractivity contribution in [2.24, 2.45) is 5.41 Å². The molecule has 3 heterocycles. The largest absolute Gasteiger partial charge is 0.390 e. The molecular formula is C14H20BrN3O2. The molecule has 0 amide bonds. The first kappa shape index (κ1) is 14.2. The Bertz CT molecular complexity index is 493. The Morgan fingerprint density at radius 3 is 2.65 bits per heavy atom. The summed E-state index contributed by atoms with van der Waals surface area (Å²) in [7, 11) is 0. The number of anilines is 1. The zero-order valence-corrected chi connectivity index (χ0v) is 13.3. The molecule has 0 aromatic carbocycles. The van der Waals surface area contributed by atoms with E-state index in [1.807, 2.05) is 6.92 Å². The Morgan fingerprint density at radius 1 is 1.30 bits per heavy atom. The van der Waals surface area contributed by atoms with Crippen molar-refractivity contribution in [1.82, 2.24) is 9.97 Å². The summed E-state index contributed by atoms with van der Waals surface area (Å²) in [4.78, 5) is 11.3. The van der Waals surface area contributed by atoms with Gasteiger partial charge in [0.1, 0.15) is 10.3 Å². The van der Waals surface area contributed by atoms with Crippen LogP contribution < -0.4 is 4.90 Å². The lowest BCUT2D eigenvalue weighted by Crippen LogP contribution is -2.41. The number of ether oxygens (including phenoxy) is 1.